The standard InChI is InChI=1S/C14H23NS/c1-2-8-15-14-6-4-3-5-13(14)10-12-7-9-16-11-12/h7,9,11,13-15H,2-6,8,10H2,1H3. The maximum Gasteiger partial charge on any atom is 0.00985 e. The second-order valence-electron chi connectivity index (χ2n) is 4.94. The molecule has 2 rings (SSSR count). The Kier molecular flexibility index (Phi) is 4.86. The Hall–Kier alpha value is -0.340. The predicted octanol–water partition coefficient (Wildman–Crippen LogP) is 3.85. The molecule has 2 heteroatoms. The fourth-order valence-corrected chi connectivity index (χ4v) is 3.44. The first kappa shape index (κ1) is 12.1. The minimum absolute atomic E-state index is 0.772. The van der Waals surface area contributed by atoms with Gasteiger partial charge in [-0.1, -0.05) is 19.8 Å². The summed E-state index contributed by atoms with van der Waals surface area (Å²) in [5.41, 5.74) is 1.54. The smallest absolute Gasteiger partial charge is 0.00985 e. The number of hydrogen-bond acceptors (Lipinski definition) is 2. The monoisotopic (exact) mass is 237 g/mol. The van der Waals surface area contributed by atoms with Crippen LogP contribution in [0.5, 0.6) is 0 Å². The lowest BCUT2D eigenvalue weighted by Gasteiger charge is -2.32. The van der Waals surface area contributed by atoms with Crippen LogP contribution in [0.3, 0.4) is 0 Å². The van der Waals surface area contributed by atoms with Gasteiger partial charge in [0, 0.05) is 6.04 Å². The van der Waals surface area contributed by atoms with Crippen molar-refractivity contribution in [1.82, 2.24) is 5.32 Å². The van der Waals surface area contributed by atoms with Gasteiger partial charge < -0.3 is 5.32 Å². The summed E-state index contributed by atoms with van der Waals surface area (Å²) in [5.74, 6) is 0.870. The highest BCUT2D eigenvalue weighted by Crippen LogP contribution is 2.28. The topological polar surface area (TPSA) is 12.0 Å². The molecule has 1 aromatic heterocycles. The molecular formula is C14H23NS. The van der Waals surface area contributed by atoms with Crippen molar-refractivity contribution in [3.63, 3.8) is 0 Å². The predicted molar refractivity (Wildman–Crippen MR) is 72.1 cm³/mol. The Bertz CT molecular complexity index is 281. The van der Waals surface area contributed by atoms with Gasteiger partial charge in [0.2, 0.25) is 0 Å². The van der Waals surface area contributed by atoms with E-state index in [9.17, 15) is 0 Å². The van der Waals surface area contributed by atoms with Gasteiger partial charge in [-0.2, -0.15) is 11.3 Å². The van der Waals surface area contributed by atoms with Crippen molar-refractivity contribution in [3.8, 4) is 0 Å². The van der Waals surface area contributed by atoms with Crippen LogP contribution in [-0.4, -0.2) is 12.6 Å². The van der Waals surface area contributed by atoms with Crippen LogP contribution in [0.15, 0.2) is 16.8 Å². The Labute approximate surface area is 103 Å². The van der Waals surface area contributed by atoms with Gasteiger partial charge >= 0.3 is 0 Å². The van der Waals surface area contributed by atoms with Gasteiger partial charge in [-0.05, 0) is 60.5 Å². The van der Waals surface area contributed by atoms with Gasteiger partial charge in [0.05, 0.1) is 0 Å². The normalized spacial score (nSPS) is 25.8. The molecule has 1 nitrogen and oxygen atoms in total. The van der Waals surface area contributed by atoms with Crippen LogP contribution in [0.4, 0.5) is 0 Å². The van der Waals surface area contributed by atoms with Crippen LogP contribution in [0.25, 0.3) is 0 Å². The van der Waals surface area contributed by atoms with E-state index in [1.807, 2.05) is 11.3 Å². The number of nitrogens with one attached hydrogen (secondary N) is 1. The van der Waals surface area contributed by atoms with E-state index in [0.717, 1.165) is 12.0 Å². The molecular weight excluding hydrogens is 214 g/mol. The number of rotatable bonds is 5. The molecule has 1 saturated carbocycles. The molecule has 2 atom stereocenters. The second-order valence-corrected chi connectivity index (χ2v) is 5.72. The van der Waals surface area contributed by atoms with E-state index in [0.29, 0.717) is 0 Å². The SMILES string of the molecule is CCCNC1CCCCC1Cc1ccsc1. The van der Waals surface area contributed by atoms with E-state index in [4.69, 9.17) is 0 Å². The third-order valence-electron chi connectivity index (χ3n) is 3.64. The average Bonchev–Trinajstić information content (AvgIpc) is 2.81. The molecule has 0 radical (unpaired) electrons. The van der Waals surface area contributed by atoms with Crippen LogP contribution in [0.1, 0.15) is 44.6 Å². The maximum absolute atomic E-state index is 3.74. The highest BCUT2D eigenvalue weighted by molar-refractivity contribution is 7.07. The van der Waals surface area contributed by atoms with Crippen LogP contribution in [0, 0.1) is 5.92 Å². The minimum Gasteiger partial charge on any atom is -0.314 e. The first-order valence-corrected chi connectivity index (χ1v) is 7.59. The lowest BCUT2D eigenvalue weighted by molar-refractivity contribution is 0.261. The van der Waals surface area contributed by atoms with Crippen molar-refractivity contribution < 1.29 is 0 Å². The summed E-state index contributed by atoms with van der Waals surface area (Å²) in [6.45, 7) is 3.44. The van der Waals surface area contributed by atoms with Gasteiger partial charge in [-0.15, -0.1) is 0 Å². The first-order chi connectivity index (χ1) is 7.90. The van der Waals surface area contributed by atoms with Gasteiger partial charge in [-0.25, -0.2) is 0 Å². The zero-order valence-electron chi connectivity index (χ0n) is 10.2. The average molecular weight is 237 g/mol. The molecule has 1 N–H and O–H groups in total. The minimum atomic E-state index is 0.772. The molecule has 1 heterocycles. The summed E-state index contributed by atoms with van der Waals surface area (Å²) in [5, 5.41) is 8.25. The second kappa shape index (κ2) is 6.41. The number of thiophene rings is 1. The van der Waals surface area contributed by atoms with Gasteiger partial charge in [0.15, 0.2) is 0 Å². The summed E-state index contributed by atoms with van der Waals surface area (Å²) in [4.78, 5) is 0. The molecule has 1 aromatic rings. The maximum atomic E-state index is 3.74. The molecule has 0 saturated heterocycles. The lowest BCUT2D eigenvalue weighted by atomic mass is 9.81. The first-order valence-electron chi connectivity index (χ1n) is 6.64. The highest BCUT2D eigenvalue weighted by Gasteiger charge is 2.24. The molecule has 16 heavy (non-hydrogen) atoms. The summed E-state index contributed by atoms with van der Waals surface area (Å²) in [6.07, 6.45) is 8.18. The third-order valence-corrected chi connectivity index (χ3v) is 4.38. The molecule has 90 valence electrons. The zero-order valence-corrected chi connectivity index (χ0v) is 11.1. The van der Waals surface area contributed by atoms with E-state index in [-0.39, 0.29) is 0 Å². The Morgan fingerprint density at radius 3 is 3.00 bits per heavy atom. The molecule has 0 aromatic carbocycles. The quantitative estimate of drug-likeness (QED) is 0.820. The zero-order chi connectivity index (χ0) is 11.2. The highest BCUT2D eigenvalue weighted by atomic mass is 32.1. The molecule has 2 unspecified atom stereocenters. The fraction of sp³-hybridized carbons (Fsp3) is 0.714. The fourth-order valence-electron chi connectivity index (χ4n) is 2.76. The van der Waals surface area contributed by atoms with Crippen LogP contribution < -0.4 is 5.32 Å². The molecule has 1 aliphatic carbocycles. The summed E-state index contributed by atoms with van der Waals surface area (Å²) >= 11 is 1.83. The van der Waals surface area contributed by atoms with Crippen LogP contribution >= 0.6 is 11.3 Å². The molecule has 0 amide bonds. The van der Waals surface area contributed by atoms with E-state index < -0.39 is 0 Å². The van der Waals surface area contributed by atoms with Gasteiger partial charge in [-0.3, -0.25) is 0 Å². The summed E-state index contributed by atoms with van der Waals surface area (Å²) < 4.78 is 0. The van der Waals surface area contributed by atoms with Gasteiger partial charge in [0.25, 0.3) is 0 Å². The Morgan fingerprint density at radius 1 is 1.38 bits per heavy atom. The lowest BCUT2D eigenvalue weighted by Crippen LogP contribution is -2.39. The van der Waals surface area contributed by atoms with E-state index in [1.165, 1.54) is 45.1 Å². The number of hydrogen-bond donors (Lipinski definition) is 1. The van der Waals surface area contributed by atoms with Crippen molar-refractivity contribution in [2.45, 2.75) is 51.5 Å². The molecule has 1 aliphatic rings. The van der Waals surface area contributed by atoms with Gasteiger partial charge in [0.1, 0.15) is 0 Å². The summed E-state index contributed by atoms with van der Waals surface area (Å²) in [7, 11) is 0. The largest absolute Gasteiger partial charge is 0.314 e. The van der Waals surface area contributed by atoms with E-state index in [1.54, 1.807) is 5.56 Å². The Morgan fingerprint density at radius 2 is 2.25 bits per heavy atom. The molecule has 0 spiro atoms. The van der Waals surface area contributed by atoms with Crippen LogP contribution in [0.2, 0.25) is 0 Å². The molecule has 1 fully saturated rings. The van der Waals surface area contributed by atoms with Crippen molar-refractivity contribution in [2.24, 2.45) is 5.92 Å². The molecule has 0 aliphatic heterocycles. The Balaban J connectivity index is 1.88. The molecule has 0 bridgehead atoms. The van der Waals surface area contributed by atoms with E-state index >= 15 is 0 Å². The van der Waals surface area contributed by atoms with Crippen molar-refractivity contribution >= 4 is 11.3 Å². The van der Waals surface area contributed by atoms with Crippen LogP contribution in [-0.2, 0) is 6.42 Å². The van der Waals surface area contributed by atoms with Crippen molar-refractivity contribution in [1.29, 1.82) is 0 Å². The third kappa shape index (κ3) is 3.33. The summed E-state index contributed by atoms with van der Waals surface area (Å²) in [6, 6.07) is 3.06. The van der Waals surface area contributed by atoms with E-state index in [2.05, 4.69) is 29.1 Å². The van der Waals surface area contributed by atoms with Crippen molar-refractivity contribution in [2.75, 3.05) is 6.54 Å². The van der Waals surface area contributed by atoms with Crippen molar-refractivity contribution in [3.05, 3.63) is 22.4 Å².